The normalized spacial score (nSPS) is 13.2. The van der Waals surface area contributed by atoms with Gasteiger partial charge in [-0.25, -0.2) is 0 Å². The molecule has 0 aliphatic rings. The van der Waals surface area contributed by atoms with E-state index >= 15 is 0 Å². The van der Waals surface area contributed by atoms with Crippen LogP contribution in [0.5, 0.6) is 0 Å². The highest BCUT2D eigenvalue weighted by Crippen LogP contribution is 2.14. The summed E-state index contributed by atoms with van der Waals surface area (Å²) in [5.74, 6) is -0.968. The molecule has 0 amide bonds. The molecular weight excluding hydrogens is 949 g/mol. The second kappa shape index (κ2) is 63.6. The summed E-state index contributed by atoms with van der Waals surface area (Å²) in [4.78, 5) is 38.1. The number of carbonyl (C=O) groups excluding carboxylic acids is 3. The summed E-state index contributed by atoms with van der Waals surface area (Å²) in [7, 11) is 0. The Kier molecular flexibility index (Phi) is 59.5. The molecule has 0 aliphatic carbocycles. The Bertz CT molecular complexity index is 1740. The zero-order valence-electron chi connectivity index (χ0n) is 49.4. The van der Waals surface area contributed by atoms with E-state index in [1.54, 1.807) is 0 Å². The van der Waals surface area contributed by atoms with Crippen LogP contribution < -0.4 is 0 Å². The largest absolute Gasteiger partial charge is 0.462 e. The zero-order valence-corrected chi connectivity index (χ0v) is 49.4. The van der Waals surface area contributed by atoms with Crippen LogP contribution in [0.3, 0.4) is 0 Å². The predicted molar refractivity (Wildman–Crippen MR) is 334 cm³/mol. The van der Waals surface area contributed by atoms with Gasteiger partial charge < -0.3 is 14.2 Å². The van der Waals surface area contributed by atoms with Crippen LogP contribution >= 0.6 is 0 Å². The molecule has 0 radical (unpaired) electrons. The Morgan fingerprint density at radius 3 is 0.818 bits per heavy atom. The van der Waals surface area contributed by atoms with Gasteiger partial charge in [-0.1, -0.05) is 262 Å². The van der Waals surface area contributed by atoms with E-state index in [1.807, 2.05) is 0 Å². The zero-order chi connectivity index (χ0) is 55.7. The lowest BCUT2D eigenvalue weighted by Crippen LogP contribution is -2.30. The summed E-state index contributed by atoms with van der Waals surface area (Å²) in [6, 6.07) is 0. The quantitative estimate of drug-likeness (QED) is 0.0261. The molecule has 0 aliphatic heterocycles. The first-order valence-corrected chi connectivity index (χ1v) is 31.0. The number of hydrogen-bond acceptors (Lipinski definition) is 6. The van der Waals surface area contributed by atoms with Crippen molar-refractivity contribution in [2.45, 2.75) is 258 Å². The maximum absolute atomic E-state index is 12.9. The summed E-state index contributed by atoms with van der Waals surface area (Å²) in [6.45, 7) is 6.34. The minimum atomic E-state index is -0.812. The standard InChI is InChI=1S/C71H112O6/c1-4-7-10-13-16-19-21-23-25-27-29-31-32-33-34-35-36-37-38-40-41-43-45-47-49-52-55-58-61-64-70(73)76-67-68(66-75-69(72)63-60-57-54-51-18-15-12-9-6-3)77-71(74)65-62-59-56-53-50-48-46-44-42-39-30-28-26-24-22-20-17-14-11-8-5-2/h7-8,10-11,16-17,19-20,23-26,29-31,33-34,36-37,39-41,44,46,50,53,68H,4-6,9,12-15,18,21-22,27-28,32,35,38,42-43,45,47-49,51-52,54-67H2,1-3H3/b10-7-,11-8-,19-16-,20-17-,25-23-,26-24-,31-29-,34-33-,37-36-,39-30-,41-40-,46-44-,53-50-. The molecule has 0 heterocycles. The van der Waals surface area contributed by atoms with E-state index in [1.165, 1.54) is 64.2 Å². The van der Waals surface area contributed by atoms with Crippen LogP contribution in [0.1, 0.15) is 252 Å². The fourth-order valence-electron chi connectivity index (χ4n) is 7.95. The molecule has 0 saturated carbocycles. The van der Waals surface area contributed by atoms with Crippen molar-refractivity contribution in [3.05, 3.63) is 158 Å². The van der Waals surface area contributed by atoms with Crippen molar-refractivity contribution in [2.24, 2.45) is 0 Å². The number of hydrogen-bond donors (Lipinski definition) is 0. The first-order valence-electron chi connectivity index (χ1n) is 31.0. The lowest BCUT2D eigenvalue weighted by molar-refractivity contribution is -0.167. The van der Waals surface area contributed by atoms with E-state index in [0.717, 1.165) is 141 Å². The van der Waals surface area contributed by atoms with E-state index in [4.69, 9.17) is 14.2 Å². The molecule has 0 saturated heterocycles. The van der Waals surface area contributed by atoms with Gasteiger partial charge in [0.15, 0.2) is 6.10 Å². The highest BCUT2D eigenvalue weighted by Gasteiger charge is 2.19. The second-order valence-corrected chi connectivity index (χ2v) is 19.9. The summed E-state index contributed by atoms with van der Waals surface area (Å²) >= 11 is 0. The first kappa shape index (κ1) is 72.0. The molecule has 0 aromatic heterocycles. The average Bonchev–Trinajstić information content (AvgIpc) is 3.43. The number of esters is 3. The van der Waals surface area contributed by atoms with Gasteiger partial charge in [-0.3, -0.25) is 14.4 Å². The maximum atomic E-state index is 12.9. The summed E-state index contributed by atoms with van der Waals surface area (Å²) in [5, 5.41) is 0. The fourth-order valence-corrected chi connectivity index (χ4v) is 7.95. The van der Waals surface area contributed by atoms with E-state index in [2.05, 4.69) is 179 Å². The van der Waals surface area contributed by atoms with Gasteiger partial charge in [-0.15, -0.1) is 0 Å². The van der Waals surface area contributed by atoms with Crippen LogP contribution in [-0.4, -0.2) is 37.2 Å². The molecule has 0 N–H and O–H groups in total. The molecular formula is C71H112O6. The molecule has 0 rings (SSSR count). The van der Waals surface area contributed by atoms with Crippen molar-refractivity contribution in [3.8, 4) is 0 Å². The number of carbonyl (C=O) groups is 3. The van der Waals surface area contributed by atoms with Gasteiger partial charge in [0.2, 0.25) is 0 Å². The maximum Gasteiger partial charge on any atom is 0.306 e. The third-order valence-electron chi connectivity index (χ3n) is 12.5. The van der Waals surface area contributed by atoms with Gasteiger partial charge in [0.25, 0.3) is 0 Å². The number of allylic oxidation sites excluding steroid dienone is 26. The van der Waals surface area contributed by atoms with Crippen LogP contribution in [-0.2, 0) is 28.6 Å². The lowest BCUT2D eigenvalue weighted by Gasteiger charge is -2.18. The molecule has 77 heavy (non-hydrogen) atoms. The lowest BCUT2D eigenvalue weighted by atomic mass is 10.1. The topological polar surface area (TPSA) is 78.9 Å². The fraction of sp³-hybridized carbons (Fsp3) is 0.592. The van der Waals surface area contributed by atoms with Crippen molar-refractivity contribution in [3.63, 3.8) is 0 Å². The summed E-state index contributed by atoms with van der Waals surface area (Å²) < 4.78 is 16.8. The van der Waals surface area contributed by atoms with Gasteiger partial charge >= 0.3 is 17.9 Å². The highest BCUT2D eigenvalue weighted by molar-refractivity contribution is 5.71. The molecule has 1 atom stereocenters. The van der Waals surface area contributed by atoms with Crippen LogP contribution in [0.4, 0.5) is 0 Å². The van der Waals surface area contributed by atoms with Gasteiger partial charge in [0, 0.05) is 19.3 Å². The molecule has 0 fully saturated rings. The number of ether oxygens (including phenoxy) is 3. The average molecular weight is 1060 g/mol. The van der Waals surface area contributed by atoms with Crippen LogP contribution in [0.25, 0.3) is 0 Å². The van der Waals surface area contributed by atoms with Crippen molar-refractivity contribution in [1.82, 2.24) is 0 Å². The molecule has 0 bridgehead atoms. The Balaban J connectivity index is 4.36. The molecule has 6 nitrogen and oxygen atoms in total. The van der Waals surface area contributed by atoms with Crippen molar-refractivity contribution in [1.29, 1.82) is 0 Å². The Morgan fingerprint density at radius 1 is 0.273 bits per heavy atom. The van der Waals surface area contributed by atoms with Crippen molar-refractivity contribution < 1.29 is 28.6 Å². The van der Waals surface area contributed by atoms with Crippen LogP contribution in [0.2, 0.25) is 0 Å². The Labute approximate surface area is 473 Å². The van der Waals surface area contributed by atoms with E-state index in [-0.39, 0.29) is 37.5 Å². The predicted octanol–water partition coefficient (Wildman–Crippen LogP) is 21.3. The minimum absolute atomic E-state index is 0.104. The number of rotatable bonds is 54. The van der Waals surface area contributed by atoms with E-state index in [9.17, 15) is 14.4 Å². The SMILES string of the molecule is CC/C=C\C/C=C\C/C=C\C/C=C\C/C=C\C/C=C\C/C=C\CCCCCCCCCC(=O)OCC(COC(=O)CCCCCCCCCCC)OC(=O)CCCC/C=C\C/C=C\C/C=C\C/C=C\C/C=C\C/C=C\CC. The first-order chi connectivity index (χ1) is 38.0. The minimum Gasteiger partial charge on any atom is -0.462 e. The number of unbranched alkanes of at least 4 members (excludes halogenated alkanes) is 17. The monoisotopic (exact) mass is 1060 g/mol. The Hall–Kier alpha value is -4.97. The molecule has 0 aromatic carbocycles. The van der Waals surface area contributed by atoms with Crippen LogP contribution in [0.15, 0.2) is 158 Å². The molecule has 0 spiro atoms. The second-order valence-electron chi connectivity index (χ2n) is 19.9. The summed E-state index contributed by atoms with van der Waals surface area (Å²) in [5.41, 5.74) is 0. The van der Waals surface area contributed by atoms with Crippen molar-refractivity contribution >= 4 is 17.9 Å². The van der Waals surface area contributed by atoms with E-state index < -0.39 is 6.10 Å². The molecule has 432 valence electrons. The molecule has 1 unspecified atom stereocenters. The highest BCUT2D eigenvalue weighted by atomic mass is 16.6. The third kappa shape index (κ3) is 61.8. The third-order valence-corrected chi connectivity index (χ3v) is 12.5. The van der Waals surface area contributed by atoms with Crippen LogP contribution in [0, 0.1) is 0 Å². The van der Waals surface area contributed by atoms with Gasteiger partial charge in [0.1, 0.15) is 13.2 Å². The van der Waals surface area contributed by atoms with E-state index in [0.29, 0.717) is 19.3 Å². The Morgan fingerprint density at radius 2 is 0.506 bits per heavy atom. The smallest absolute Gasteiger partial charge is 0.306 e. The van der Waals surface area contributed by atoms with Gasteiger partial charge in [0.05, 0.1) is 0 Å². The van der Waals surface area contributed by atoms with Gasteiger partial charge in [-0.05, 0) is 128 Å². The summed E-state index contributed by atoms with van der Waals surface area (Å²) in [6.07, 6.45) is 92.5. The van der Waals surface area contributed by atoms with Gasteiger partial charge in [-0.2, -0.15) is 0 Å². The molecule has 0 aromatic rings. The van der Waals surface area contributed by atoms with Crippen molar-refractivity contribution in [2.75, 3.05) is 13.2 Å². The molecule has 6 heteroatoms.